The standard InChI is InChI=1S/C30H22N2O6S3/c31-29(37)17-5-1-3-15(9-17)23-11-19(13-25(33)34)27(40-23)21-7-8-22(39-21)28-20(14-26(35)36)12-24(41-28)16-4-2-6-18(10-16)30(32)38/h1-12H,13-14H2,(H2,31,37)(H2,32,38)(H,33,34)(H,35,36). The van der Waals surface area contributed by atoms with E-state index in [0.29, 0.717) is 22.3 Å². The molecule has 8 nitrogen and oxygen atoms in total. The molecule has 0 fully saturated rings. The highest BCUT2D eigenvalue weighted by molar-refractivity contribution is 7.28. The van der Waals surface area contributed by atoms with Gasteiger partial charge in [0, 0.05) is 40.4 Å². The van der Waals surface area contributed by atoms with Crippen LogP contribution in [0.5, 0.6) is 0 Å². The molecular formula is C30H22N2O6S3. The molecule has 0 aliphatic heterocycles. The molecule has 5 rings (SSSR count). The quantitative estimate of drug-likeness (QED) is 0.154. The van der Waals surface area contributed by atoms with Crippen LogP contribution in [0.15, 0.2) is 72.8 Å². The van der Waals surface area contributed by atoms with Crippen molar-refractivity contribution in [1.82, 2.24) is 0 Å². The molecule has 0 bridgehead atoms. The predicted octanol–water partition coefficient (Wildman–Crippen LogP) is 5.99. The Balaban J connectivity index is 1.57. The molecular weight excluding hydrogens is 581 g/mol. The van der Waals surface area contributed by atoms with E-state index in [1.54, 1.807) is 36.4 Å². The summed E-state index contributed by atoms with van der Waals surface area (Å²) in [5, 5.41) is 19.1. The first-order chi connectivity index (χ1) is 19.6. The second kappa shape index (κ2) is 11.5. The van der Waals surface area contributed by atoms with Gasteiger partial charge >= 0.3 is 11.9 Å². The van der Waals surface area contributed by atoms with Crippen LogP contribution in [0.1, 0.15) is 31.8 Å². The highest BCUT2D eigenvalue weighted by Crippen LogP contribution is 2.46. The van der Waals surface area contributed by atoms with Gasteiger partial charge in [0.1, 0.15) is 0 Å². The first-order valence-corrected chi connectivity index (χ1v) is 14.6. The predicted molar refractivity (Wildman–Crippen MR) is 162 cm³/mol. The van der Waals surface area contributed by atoms with Crippen LogP contribution in [0.2, 0.25) is 0 Å². The van der Waals surface area contributed by atoms with E-state index in [9.17, 15) is 29.4 Å². The molecule has 0 saturated heterocycles. The highest BCUT2D eigenvalue weighted by Gasteiger charge is 2.21. The smallest absolute Gasteiger partial charge is 0.307 e. The number of carbonyl (C=O) groups excluding carboxylic acids is 2. The van der Waals surface area contributed by atoms with Crippen LogP contribution in [-0.2, 0) is 22.4 Å². The number of carboxylic acids is 2. The Bertz CT molecular complexity index is 1700. The first kappa shape index (κ1) is 28.0. The third-order valence-electron chi connectivity index (χ3n) is 6.22. The maximum atomic E-state index is 11.7. The number of benzene rings is 2. The summed E-state index contributed by atoms with van der Waals surface area (Å²) in [5.74, 6) is -3.04. The van der Waals surface area contributed by atoms with Crippen LogP contribution >= 0.6 is 34.0 Å². The van der Waals surface area contributed by atoms with Gasteiger partial charge in [0.2, 0.25) is 11.8 Å². The Labute approximate surface area is 246 Å². The van der Waals surface area contributed by atoms with Gasteiger partial charge in [0.25, 0.3) is 0 Å². The number of hydrogen-bond acceptors (Lipinski definition) is 7. The molecule has 41 heavy (non-hydrogen) atoms. The first-order valence-electron chi connectivity index (χ1n) is 12.2. The summed E-state index contributed by atoms with van der Waals surface area (Å²) in [6.07, 6.45) is -0.365. The van der Waals surface area contributed by atoms with Crippen LogP contribution in [0, 0.1) is 0 Å². The summed E-state index contributed by atoms with van der Waals surface area (Å²) >= 11 is 4.28. The number of carboxylic acid groups (broad SMARTS) is 2. The molecule has 2 aromatic carbocycles. The molecule has 0 spiro atoms. The molecule has 0 aliphatic rings. The third-order valence-corrected chi connectivity index (χ3v) is 10.1. The van der Waals surface area contributed by atoms with E-state index in [0.717, 1.165) is 40.4 Å². The lowest BCUT2D eigenvalue weighted by atomic mass is 10.1. The number of amides is 2. The molecule has 0 unspecified atom stereocenters. The number of carbonyl (C=O) groups is 4. The van der Waals surface area contributed by atoms with Crippen LogP contribution in [0.25, 0.3) is 40.4 Å². The van der Waals surface area contributed by atoms with Gasteiger partial charge in [0.05, 0.1) is 12.8 Å². The maximum Gasteiger partial charge on any atom is 0.307 e. The number of nitrogens with two attached hydrogens (primary N) is 2. The Kier molecular flexibility index (Phi) is 7.84. The molecule has 6 N–H and O–H groups in total. The number of primary amides is 2. The Morgan fingerprint density at radius 1 is 0.561 bits per heavy atom. The Morgan fingerprint density at radius 2 is 0.976 bits per heavy atom. The molecule has 5 aromatic rings. The van der Waals surface area contributed by atoms with Gasteiger partial charge in [-0.05, 0) is 70.8 Å². The zero-order chi connectivity index (χ0) is 29.3. The second-order valence-corrected chi connectivity index (χ2v) is 12.3. The zero-order valence-corrected chi connectivity index (χ0v) is 23.7. The van der Waals surface area contributed by atoms with E-state index >= 15 is 0 Å². The number of aliphatic carboxylic acids is 2. The van der Waals surface area contributed by atoms with Gasteiger partial charge in [-0.2, -0.15) is 0 Å². The van der Waals surface area contributed by atoms with Gasteiger partial charge in [0.15, 0.2) is 0 Å². The number of thiophene rings is 3. The van der Waals surface area contributed by atoms with Gasteiger partial charge < -0.3 is 21.7 Å². The van der Waals surface area contributed by atoms with Crippen molar-refractivity contribution in [3.8, 4) is 40.4 Å². The fraction of sp³-hybridized carbons (Fsp3) is 0.0667. The van der Waals surface area contributed by atoms with Crippen molar-refractivity contribution < 1.29 is 29.4 Å². The van der Waals surface area contributed by atoms with E-state index in [-0.39, 0.29) is 12.8 Å². The molecule has 11 heteroatoms. The molecule has 0 saturated carbocycles. The van der Waals surface area contributed by atoms with Crippen molar-refractivity contribution in [3.63, 3.8) is 0 Å². The second-order valence-electron chi connectivity index (χ2n) is 9.13. The van der Waals surface area contributed by atoms with Gasteiger partial charge in [-0.3, -0.25) is 19.2 Å². The molecule has 206 valence electrons. The van der Waals surface area contributed by atoms with Crippen molar-refractivity contribution >= 4 is 57.8 Å². The van der Waals surface area contributed by atoms with Gasteiger partial charge in [-0.25, -0.2) is 0 Å². The summed E-state index contributed by atoms with van der Waals surface area (Å²) in [4.78, 5) is 51.6. The number of rotatable bonds is 10. The minimum absolute atomic E-state index is 0.182. The average Bonchev–Trinajstić information content (AvgIpc) is 3.67. The molecule has 0 radical (unpaired) electrons. The molecule has 2 amide bonds. The summed E-state index contributed by atoms with van der Waals surface area (Å²) < 4.78 is 0. The lowest BCUT2D eigenvalue weighted by Gasteiger charge is -2.00. The number of hydrogen-bond donors (Lipinski definition) is 4. The van der Waals surface area contributed by atoms with E-state index < -0.39 is 23.8 Å². The van der Waals surface area contributed by atoms with E-state index in [4.69, 9.17) is 11.5 Å². The molecule has 0 atom stereocenters. The maximum absolute atomic E-state index is 11.7. The monoisotopic (exact) mass is 602 g/mol. The van der Waals surface area contributed by atoms with E-state index in [1.165, 1.54) is 34.0 Å². The van der Waals surface area contributed by atoms with E-state index in [2.05, 4.69) is 0 Å². The van der Waals surface area contributed by atoms with Crippen LogP contribution in [0.4, 0.5) is 0 Å². The SMILES string of the molecule is NC(=O)c1cccc(-c2cc(CC(=O)O)c(-c3ccc(-c4sc(-c5cccc(C(N)=O)c5)cc4CC(=O)O)s3)s2)c1. The van der Waals surface area contributed by atoms with Crippen LogP contribution in [-0.4, -0.2) is 34.0 Å². The fourth-order valence-electron chi connectivity index (χ4n) is 4.38. The minimum Gasteiger partial charge on any atom is -0.481 e. The average molecular weight is 603 g/mol. The zero-order valence-electron chi connectivity index (χ0n) is 21.2. The van der Waals surface area contributed by atoms with E-state index in [1.807, 2.05) is 36.4 Å². The normalized spacial score (nSPS) is 10.9. The van der Waals surface area contributed by atoms with Gasteiger partial charge in [-0.15, -0.1) is 34.0 Å². The Morgan fingerprint density at radius 3 is 1.34 bits per heavy atom. The summed E-state index contributed by atoms with van der Waals surface area (Å²) in [6, 6.07) is 21.2. The van der Waals surface area contributed by atoms with Crippen molar-refractivity contribution in [1.29, 1.82) is 0 Å². The highest BCUT2D eigenvalue weighted by atomic mass is 32.1. The third kappa shape index (κ3) is 6.12. The van der Waals surface area contributed by atoms with Crippen molar-refractivity contribution in [3.05, 3.63) is 95.1 Å². The van der Waals surface area contributed by atoms with Crippen LogP contribution in [0.3, 0.4) is 0 Å². The molecule has 3 heterocycles. The van der Waals surface area contributed by atoms with Crippen molar-refractivity contribution in [2.75, 3.05) is 0 Å². The van der Waals surface area contributed by atoms with Crippen LogP contribution < -0.4 is 11.5 Å². The van der Waals surface area contributed by atoms with Gasteiger partial charge in [-0.1, -0.05) is 24.3 Å². The lowest BCUT2D eigenvalue weighted by Crippen LogP contribution is -2.10. The molecule has 0 aliphatic carbocycles. The fourth-order valence-corrected chi connectivity index (χ4v) is 8.03. The summed E-state index contributed by atoms with van der Waals surface area (Å²) in [6.45, 7) is 0. The summed E-state index contributed by atoms with van der Waals surface area (Å²) in [7, 11) is 0. The van der Waals surface area contributed by atoms with Crippen molar-refractivity contribution in [2.24, 2.45) is 11.5 Å². The largest absolute Gasteiger partial charge is 0.481 e. The van der Waals surface area contributed by atoms with Crippen molar-refractivity contribution in [2.45, 2.75) is 12.8 Å². The topological polar surface area (TPSA) is 161 Å². The lowest BCUT2D eigenvalue weighted by molar-refractivity contribution is -0.137. The molecule has 3 aromatic heterocycles. The minimum atomic E-state index is -0.969. The summed E-state index contributed by atoms with van der Waals surface area (Å²) in [5.41, 5.74) is 14.4. The Hall–Kier alpha value is -4.58.